The molecule has 0 bridgehead atoms. The van der Waals surface area contributed by atoms with Crippen LogP contribution in [0.2, 0.25) is 5.02 Å². The third-order valence-corrected chi connectivity index (χ3v) is 10.6. The largest absolute Gasteiger partial charge is 0.386 e. The first kappa shape index (κ1) is 22.8. The van der Waals surface area contributed by atoms with Crippen molar-refractivity contribution in [3.8, 4) is 0 Å². The minimum atomic E-state index is -2.58. The van der Waals surface area contributed by atoms with E-state index in [-0.39, 0.29) is 37.3 Å². The fourth-order valence-corrected chi connectivity index (χ4v) is 7.32. The van der Waals surface area contributed by atoms with E-state index in [0.717, 1.165) is 0 Å². The first-order valence-corrected chi connectivity index (χ1v) is 12.1. The van der Waals surface area contributed by atoms with Crippen LogP contribution in [0.15, 0.2) is 29.3 Å². The normalized spacial score (nSPS) is 27.4. The fourth-order valence-electron chi connectivity index (χ4n) is 3.70. The molecule has 2 N–H and O–H groups in total. The highest BCUT2D eigenvalue weighted by atomic mass is 35.5. The quantitative estimate of drug-likeness (QED) is 0.661. The zero-order chi connectivity index (χ0) is 21.4. The first-order chi connectivity index (χ1) is 13.4. The molecule has 1 unspecified atom stereocenters. The van der Waals surface area contributed by atoms with E-state index in [1.807, 2.05) is 6.92 Å². The summed E-state index contributed by atoms with van der Waals surface area (Å²) in [6.45, 7) is 5.66. The molecule has 4 rings (SSSR count). The van der Waals surface area contributed by atoms with Gasteiger partial charge in [-0.15, -0.1) is 11.3 Å². The number of carbonyl (C=O) groups excluding carboxylic acids is 1. The van der Waals surface area contributed by atoms with E-state index in [1.165, 1.54) is 29.5 Å². The Bertz CT molecular complexity index is 1190. The standard InChI is InChI=1S/C20H21ClFN3O2S2.CH4/c1-19(2)18(23)24-20(3,10-29(19,4)27)16-14(21)8-15(28-16)25-9-11-7-12(22)5-6-13(11)17(25)26;/h5-8H,4,9-10H2,1-3H3,(H2,23,24);1H4/t20-,29?;/m0./s1. The van der Waals surface area contributed by atoms with E-state index in [1.54, 1.807) is 24.8 Å². The molecule has 1 aromatic heterocycles. The van der Waals surface area contributed by atoms with Crippen molar-refractivity contribution in [2.45, 2.75) is 45.0 Å². The predicted molar refractivity (Wildman–Crippen MR) is 126 cm³/mol. The van der Waals surface area contributed by atoms with Crippen LogP contribution in [0.25, 0.3) is 0 Å². The van der Waals surface area contributed by atoms with Crippen molar-refractivity contribution >= 4 is 55.1 Å². The number of carbonyl (C=O) groups is 1. The van der Waals surface area contributed by atoms with Gasteiger partial charge < -0.3 is 5.73 Å². The van der Waals surface area contributed by atoms with Gasteiger partial charge in [0, 0.05) is 11.3 Å². The maximum absolute atomic E-state index is 13.5. The molecule has 0 spiro atoms. The second-order valence-corrected chi connectivity index (χ2v) is 12.6. The highest BCUT2D eigenvalue weighted by Crippen LogP contribution is 2.46. The number of amidine groups is 1. The summed E-state index contributed by atoms with van der Waals surface area (Å²) in [5, 5.41) is 1.05. The Hall–Kier alpha value is -1.90. The molecule has 30 heavy (non-hydrogen) atoms. The van der Waals surface area contributed by atoms with Gasteiger partial charge in [-0.2, -0.15) is 0 Å². The molecule has 2 aliphatic rings. The second-order valence-electron chi connectivity index (χ2n) is 8.19. The predicted octanol–water partition coefficient (Wildman–Crippen LogP) is 4.42. The molecule has 5 nitrogen and oxygen atoms in total. The SMILES string of the molecule is C.C=S1(=O)C[C@@](C)(c2sc(N3Cc4cc(F)ccc4C3=O)cc2Cl)N=C(N)C1(C)C. The smallest absolute Gasteiger partial charge is 0.259 e. The van der Waals surface area contributed by atoms with Gasteiger partial charge in [-0.05, 0) is 66.0 Å². The van der Waals surface area contributed by atoms with Crippen LogP contribution in [-0.2, 0) is 21.6 Å². The Morgan fingerprint density at radius 2 is 2.00 bits per heavy atom. The molecule has 0 saturated carbocycles. The molecule has 1 amide bonds. The molecule has 0 aliphatic carbocycles. The van der Waals surface area contributed by atoms with Crippen LogP contribution < -0.4 is 10.6 Å². The Balaban J connectivity index is 0.00000256. The molecule has 9 heteroatoms. The van der Waals surface area contributed by atoms with Crippen molar-refractivity contribution in [3.63, 3.8) is 0 Å². The number of halogens is 2. The highest BCUT2D eigenvalue weighted by Gasteiger charge is 2.46. The van der Waals surface area contributed by atoms with Gasteiger partial charge in [0.05, 0.1) is 26.2 Å². The number of amides is 1. The number of thiophene rings is 1. The van der Waals surface area contributed by atoms with Gasteiger partial charge in [0.25, 0.3) is 5.91 Å². The van der Waals surface area contributed by atoms with Crippen molar-refractivity contribution in [2.24, 2.45) is 10.7 Å². The lowest BCUT2D eigenvalue weighted by Crippen LogP contribution is -2.54. The lowest BCUT2D eigenvalue weighted by molar-refractivity contribution is 0.0997. The summed E-state index contributed by atoms with van der Waals surface area (Å²) in [7, 11) is -2.58. The molecule has 0 radical (unpaired) electrons. The Kier molecular flexibility index (Phi) is 5.37. The van der Waals surface area contributed by atoms with Crippen molar-refractivity contribution in [1.29, 1.82) is 0 Å². The molecule has 2 aromatic rings. The number of hydrogen-bond acceptors (Lipinski definition) is 5. The Morgan fingerprint density at radius 3 is 2.63 bits per heavy atom. The number of anilines is 1. The van der Waals surface area contributed by atoms with Crippen molar-refractivity contribution in [3.05, 3.63) is 51.1 Å². The molecule has 0 fully saturated rings. The summed E-state index contributed by atoms with van der Waals surface area (Å²) >= 11 is 7.84. The summed E-state index contributed by atoms with van der Waals surface area (Å²) in [5.74, 6) is 3.84. The number of rotatable bonds is 2. The van der Waals surface area contributed by atoms with E-state index in [2.05, 4.69) is 10.9 Å². The average Bonchev–Trinajstić information content (AvgIpc) is 3.13. The van der Waals surface area contributed by atoms with Crippen LogP contribution in [-0.4, -0.2) is 32.3 Å². The summed E-state index contributed by atoms with van der Waals surface area (Å²) in [5.41, 5.74) is 6.38. The number of benzene rings is 1. The van der Waals surface area contributed by atoms with Crippen LogP contribution in [0.4, 0.5) is 9.39 Å². The van der Waals surface area contributed by atoms with E-state index < -0.39 is 19.8 Å². The van der Waals surface area contributed by atoms with Gasteiger partial charge in [-0.3, -0.25) is 18.9 Å². The van der Waals surface area contributed by atoms with E-state index in [0.29, 0.717) is 26.0 Å². The third-order valence-electron chi connectivity index (χ3n) is 5.73. The summed E-state index contributed by atoms with van der Waals surface area (Å²) in [4.78, 5) is 19.7. The van der Waals surface area contributed by atoms with Gasteiger partial charge in [-0.1, -0.05) is 19.0 Å². The maximum atomic E-state index is 13.5. The minimum Gasteiger partial charge on any atom is -0.386 e. The zero-order valence-corrected chi connectivity index (χ0v) is 18.7. The number of nitrogens with two attached hydrogens (primary N) is 1. The van der Waals surface area contributed by atoms with Crippen molar-refractivity contribution < 1.29 is 13.4 Å². The first-order valence-electron chi connectivity index (χ1n) is 8.96. The zero-order valence-electron chi connectivity index (χ0n) is 16.3. The number of fused-ring (bicyclic) bond motifs is 1. The van der Waals surface area contributed by atoms with Crippen LogP contribution in [0.5, 0.6) is 0 Å². The maximum Gasteiger partial charge on any atom is 0.259 e. The summed E-state index contributed by atoms with van der Waals surface area (Å²) in [6, 6.07) is 5.84. The molecule has 3 heterocycles. The van der Waals surface area contributed by atoms with Crippen molar-refractivity contribution in [1.82, 2.24) is 0 Å². The monoisotopic (exact) mass is 469 g/mol. The van der Waals surface area contributed by atoms with Crippen LogP contribution in [0.1, 0.15) is 49.0 Å². The summed E-state index contributed by atoms with van der Waals surface area (Å²) < 4.78 is 26.0. The fraction of sp³-hybridized carbons (Fsp3) is 0.381. The van der Waals surface area contributed by atoms with Gasteiger partial charge in [0.1, 0.15) is 17.2 Å². The molecule has 162 valence electrons. The summed E-state index contributed by atoms with van der Waals surface area (Å²) in [6.07, 6.45) is 0. The topological polar surface area (TPSA) is 75.8 Å². The molecular weight excluding hydrogens is 445 g/mol. The van der Waals surface area contributed by atoms with Gasteiger partial charge in [-0.25, -0.2) is 4.39 Å². The molecule has 0 saturated heterocycles. The number of aliphatic imine (C=N–C) groups is 1. The Labute approximate surface area is 185 Å². The number of nitrogens with zero attached hydrogens (tertiary/aromatic N) is 2. The highest BCUT2D eigenvalue weighted by molar-refractivity contribution is 8.02. The minimum absolute atomic E-state index is 0. The van der Waals surface area contributed by atoms with Gasteiger partial charge in [0.2, 0.25) is 0 Å². The van der Waals surface area contributed by atoms with E-state index in [9.17, 15) is 13.4 Å². The van der Waals surface area contributed by atoms with Crippen molar-refractivity contribution in [2.75, 3.05) is 10.7 Å². The molecular formula is C21H25ClFN3O2S2. The lowest BCUT2D eigenvalue weighted by atomic mass is 10.0. The van der Waals surface area contributed by atoms with E-state index >= 15 is 0 Å². The molecule has 1 aromatic carbocycles. The lowest BCUT2D eigenvalue weighted by Gasteiger charge is -2.40. The number of hydrogen-bond donors (Lipinski definition) is 1. The van der Waals surface area contributed by atoms with Crippen LogP contribution >= 0.6 is 22.9 Å². The Morgan fingerprint density at radius 1 is 1.33 bits per heavy atom. The molecule has 2 atom stereocenters. The molecule has 2 aliphatic heterocycles. The second kappa shape index (κ2) is 7.07. The van der Waals surface area contributed by atoms with Gasteiger partial charge >= 0.3 is 0 Å². The van der Waals surface area contributed by atoms with Crippen LogP contribution in [0.3, 0.4) is 0 Å². The third kappa shape index (κ3) is 3.25. The average molecular weight is 470 g/mol. The van der Waals surface area contributed by atoms with E-state index in [4.69, 9.17) is 17.3 Å². The van der Waals surface area contributed by atoms with Crippen LogP contribution in [0, 0.1) is 5.82 Å². The van der Waals surface area contributed by atoms with Gasteiger partial charge in [0.15, 0.2) is 0 Å².